The second kappa shape index (κ2) is 5.03. The number of nitrogens with two attached hydrogens (primary N) is 1. The monoisotopic (exact) mass is 227 g/mol. The van der Waals surface area contributed by atoms with Crippen molar-refractivity contribution in [1.82, 2.24) is 0 Å². The van der Waals surface area contributed by atoms with E-state index in [1.807, 2.05) is 13.8 Å². The average molecular weight is 228 g/mol. The van der Waals surface area contributed by atoms with Gasteiger partial charge in [0.2, 0.25) is 0 Å². The third-order valence-electron chi connectivity index (χ3n) is 2.12. The molecular weight excluding hydrogens is 214 g/mol. The number of hydrogen-bond acceptors (Lipinski definition) is 3. The van der Waals surface area contributed by atoms with Crippen LogP contribution in [0.3, 0.4) is 0 Å². The number of hydrogen-bond donors (Lipinski definition) is 1. The summed E-state index contributed by atoms with van der Waals surface area (Å²) in [6.07, 6.45) is 0.655. The molecule has 1 aromatic carbocycles. The van der Waals surface area contributed by atoms with Gasteiger partial charge in [0.15, 0.2) is 0 Å². The van der Waals surface area contributed by atoms with E-state index in [0.29, 0.717) is 16.3 Å². The van der Waals surface area contributed by atoms with Crippen molar-refractivity contribution in [3.8, 4) is 0 Å². The van der Waals surface area contributed by atoms with Crippen LogP contribution in [0, 0.1) is 0 Å². The third-order valence-corrected chi connectivity index (χ3v) is 2.35. The zero-order valence-electron chi connectivity index (χ0n) is 8.79. The molecule has 15 heavy (non-hydrogen) atoms. The van der Waals surface area contributed by atoms with Crippen LogP contribution < -0.4 is 5.73 Å². The fourth-order valence-electron chi connectivity index (χ4n) is 1.03. The number of anilines is 1. The van der Waals surface area contributed by atoms with Crippen molar-refractivity contribution < 1.29 is 9.53 Å². The molecule has 3 nitrogen and oxygen atoms in total. The zero-order chi connectivity index (χ0) is 11.4. The van der Waals surface area contributed by atoms with Crippen LogP contribution in [-0.2, 0) is 4.74 Å². The normalized spacial score (nSPS) is 12.2. The summed E-state index contributed by atoms with van der Waals surface area (Å²) in [6, 6.07) is 4.74. The molecular formula is C11H14ClNO2. The SMILES string of the molecule is CCC(C)OC(=O)c1cc(Cl)ccc1N. The van der Waals surface area contributed by atoms with Crippen LogP contribution in [0.1, 0.15) is 30.6 Å². The molecule has 0 aromatic heterocycles. The van der Waals surface area contributed by atoms with Crippen LogP contribution in [0.5, 0.6) is 0 Å². The van der Waals surface area contributed by atoms with Crippen molar-refractivity contribution in [2.45, 2.75) is 26.4 Å². The Kier molecular flexibility index (Phi) is 3.97. The molecule has 1 atom stereocenters. The van der Waals surface area contributed by atoms with E-state index in [1.54, 1.807) is 12.1 Å². The van der Waals surface area contributed by atoms with Gasteiger partial charge in [-0.05, 0) is 31.5 Å². The summed E-state index contributed by atoms with van der Waals surface area (Å²) in [6.45, 7) is 3.78. The fraction of sp³-hybridized carbons (Fsp3) is 0.364. The summed E-state index contributed by atoms with van der Waals surface area (Å²) in [7, 11) is 0. The van der Waals surface area contributed by atoms with E-state index in [0.717, 1.165) is 6.42 Å². The van der Waals surface area contributed by atoms with Crippen molar-refractivity contribution in [3.05, 3.63) is 28.8 Å². The molecule has 0 amide bonds. The first-order chi connectivity index (χ1) is 7.04. The number of ether oxygens (including phenoxy) is 1. The maximum atomic E-state index is 11.6. The van der Waals surface area contributed by atoms with Crippen molar-refractivity contribution in [2.75, 3.05) is 5.73 Å². The Morgan fingerprint density at radius 1 is 1.60 bits per heavy atom. The lowest BCUT2D eigenvalue weighted by Gasteiger charge is -2.12. The lowest BCUT2D eigenvalue weighted by molar-refractivity contribution is 0.0336. The molecule has 0 aliphatic heterocycles. The largest absolute Gasteiger partial charge is 0.459 e. The minimum atomic E-state index is -0.427. The Balaban J connectivity index is 2.86. The van der Waals surface area contributed by atoms with Crippen LogP contribution in [0.4, 0.5) is 5.69 Å². The predicted molar refractivity (Wildman–Crippen MR) is 61.0 cm³/mol. The molecule has 2 N–H and O–H groups in total. The zero-order valence-corrected chi connectivity index (χ0v) is 9.54. The van der Waals surface area contributed by atoms with Gasteiger partial charge in [0.1, 0.15) is 0 Å². The van der Waals surface area contributed by atoms with Crippen LogP contribution in [0.15, 0.2) is 18.2 Å². The third kappa shape index (κ3) is 3.13. The van der Waals surface area contributed by atoms with Gasteiger partial charge < -0.3 is 10.5 Å². The number of rotatable bonds is 3. The van der Waals surface area contributed by atoms with Crippen molar-refractivity contribution in [2.24, 2.45) is 0 Å². The van der Waals surface area contributed by atoms with Gasteiger partial charge in [-0.1, -0.05) is 18.5 Å². The van der Waals surface area contributed by atoms with Gasteiger partial charge in [0.05, 0.1) is 11.7 Å². The Bertz CT molecular complexity index is 366. The molecule has 0 aliphatic carbocycles. The maximum absolute atomic E-state index is 11.6. The molecule has 4 heteroatoms. The first kappa shape index (κ1) is 11.9. The number of benzene rings is 1. The van der Waals surface area contributed by atoms with Gasteiger partial charge in [-0.25, -0.2) is 4.79 Å². The second-order valence-corrected chi connectivity index (χ2v) is 3.79. The van der Waals surface area contributed by atoms with Crippen LogP contribution >= 0.6 is 11.6 Å². The highest BCUT2D eigenvalue weighted by atomic mass is 35.5. The highest BCUT2D eigenvalue weighted by Gasteiger charge is 2.14. The Morgan fingerprint density at radius 2 is 2.27 bits per heavy atom. The van der Waals surface area contributed by atoms with Crippen molar-refractivity contribution in [1.29, 1.82) is 0 Å². The van der Waals surface area contributed by atoms with Crippen LogP contribution in [0.25, 0.3) is 0 Å². The Hall–Kier alpha value is -1.22. The highest BCUT2D eigenvalue weighted by Crippen LogP contribution is 2.19. The number of carbonyl (C=O) groups is 1. The number of esters is 1. The minimum absolute atomic E-state index is 0.115. The molecule has 1 rings (SSSR count). The number of nitrogen functional groups attached to an aromatic ring is 1. The lowest BCUT2D eigenvalue weighted by atomic mass is 10.2. The average Bonchev–Trinajstić information content (AvgIpc) is 2.21. The lowest BCUT2D eigenvalue weighted by Crippen LogP contribution is -2.15. The number of halogens is 1. The molecule has 82 valence electrons. The van der Waals surface area contributed by atoms with E-state index in [-0.39, 0.29) is 6.10 Å². The summed E-state index contributed by atoms with van der Waals surface area (Å²) in [5, 5.41) is 0.473. The van der Waals surface area contributed by atoms with E-state index in [2.05, 4.69) is 0 Å². The minimum Gasteiger partial charge on any atom is -0.459 e. The second-order valence-electron chi connectivity index (χ2n) is 3.36. The van der Waals surface area contributed by atoms with Crippen molar-refractivity contribution in [3.63, 3.8) is 0 Å². The van der Waals surface area contributed by atoms with Gasteiger partial charge in [-0.2, -0.15) is 0 Å². The van der Waals surface area contributed by atoms with Gasteiger partial charge in [-0.3, -0.25) is 0 Å². The molecule has 0 radical (unpaired) electrons. The van der Waals surface area contributed by atoms with Crippen molar-refractivity contribution >= 4 is 23.3 Å². The van der Waals surface area contributed by atoms with Gasteiger partial charge in [-0.15, -0.1) is 0 Å². The van der Waals surface area contributed by atoms with E-state index in [9.17, 15) is 4.79 Å². The smallest absolute Gasteiger partial charge is 0.340 e. The molecule has 1 aromatic rings. The van der Waals surface area contributed by atoms with E-state index < -0.39 is 5.97 Å². The van der Waals surface area contributed by atoms with E-state index in [4.69, 9.17) is 22.1 Å². The summed E-state index contributed by atoms with van der Waals surface area (Å²) in [5.41, 5.74) is 6.35. The first-order valence-electron chi connectivity index (χ1n) is 4.80. The molecule has 0 saturated carbocycles. The fourth-order valence-corrected chi connectivity index (χ4v) is 1.21. The van der Waals surface area contributed by atoms with Crippen LogP contribution in [-0.4, -0.2) is 12.1 Å². The highest BCUT2D eigenvalue weighted by molar-refractivity contribution is 6.31. The summed E-state index contributed by atoms with van der Waals surface area (Å²) in [5.74, 6) is -0.427. The van der Waals surface area contributed by atoms with E-state index in [1.165, 1.54) is 6.07 Å². The molecule has 0 bridgehead atoms. The molecule has 1 unspecified atom stereocenters. The van der Waals surface area contributed by atoms with E-state index >= 15 is 0 Å². The summed E-state index contributed by atoms with van der Waals surface area (Å²) in [4.78, 5) is 11.6. The molecule has 0 fully saturated rings. The molecule has 0 spiro atoms. The summed E-state index contributed by atoms with van der Waals surface area (Å²) < 4.78 is 5.14. The van der Waals surface area contributed by atoms with Gasteiger partial charge in [0.25, 0.3) is 0 Å². The topological polar surface area (TPSA) is 52.3 Å². The number of carbonyl (C=O) groups excluding carboxylic acids is 1. The molecule has 0 heterocycles. The van der Waals surface area contributed by atoms with Gasteiger partial charge >= 0.3 is 5.97 Å². The maximum Gasteiger partial charge on any atom is 0.340 e. The predicted octanol–water partition coefficient (Wildman–Crippen LogP) is 2.88. The Labute approximate surface area is 94.2 Å². The molecule has 0 saturated heterocycles. The summed E-state index contributed by atoms with van der Waals surface area (Å²) >= 11 is 5.77. The van der Waals surface area contributed by atoms with Crippen LogP contribution in [0.2, 0.25) is 5.02 Å². The Morgan fingerprint density at radius 3 is 2.87 bits per heavy atom. The standard InChI is InChI=1S/C11H14ClNO2/c1-3-7(2)15-11(14)9-6-8(12)4-5-10(9)13/h4-7H,3,13H2,1-2H3. The molecule has 0 aliphatic rings. The van der Waals surface area contributed by atoms with Gasteiger partial charge in [0, 0.05) is 10.7 Å². The quantitative estimate of drug-likeness (QED) is 0.638. The first-order valence-corrected chi connectivity index (χ1v) is 5.18.